The molecule has 0 atom stereocenters. The van der Waals surface area contributed by atoms with E-state index in [2.05, 4.69) is 24.8 Å². The van der Waals surface area contributed by atoms with Crippen LogP contribution in [0.4, 0.5) is 0 Å². The zero-order valence-corrected chi connectivity index (χ0v) is 11.8. The first-order valence-electron chi connectivity index (χ1n) is 7.25. The predicted octanol–water partition coefficient (Wildman–Crippen LogP) is 5.93. The van der Waals surface area contributed by atoms with Crippen LogP contribution in [0.25, 0.3) is 0 Å². The molecular formula is C15H28S. The van der Waals surface area contributed by atoms with Crippen molar-refractivity contribution in [2.24, 2.45) is 0 Å². The van der Waals surface area contributed by atoms with Crippen LogP contribution in [0.5, 0.6) is 0 Å². The molecule has 0 aromatic rings. The number of unbranched alkanes of at least 4 members (excludes halogenated alkanes) is 7. The van der Waals surface area contributed by atoms with Gasteiger partial charge < -0.3 is 0 Å². The fourth-order valence-corrected chi connectivity index (χ4v) is 3.35. The van der Waals surface area contributed by atoms with Crippen molar-refractivity contribution in [2.75, 3.05) is 5.75 Å². The molecule has 0 saturated carbocycles. The Bertz CT molecular complexity index is 184. The van der Waals surface area contributed by atoms with Crippen molar-refractivity contribution >= 4 is 11.8 Å². The molecule has 1 rings (SSSR count). The van der Waals surface area contributed by atoms with E-state index in [4.69, 9.17) is 0 Å². The second-order valence-electron chi connectivity index (χ2n) is 4.89. The van der Waals surface area contributed by atoms with Gasteiger partial charge in [-0.3, -0.25) is 0 Å². The monoisotopic (exact) mass is 240 g/mol. The Morgan fingerprint density at radius 3 is 2.31 bits per heavy atom. The van der Waals surface area contributed by atoms with E-state index in [1.165, 1.54) is 76.4 Å². The van der Waals surface area contributed by atoms with Crippen molar-refractivity contribution in [3.8, 4) is 0 Å². The summed E-state index contributed by atoms with van der Waals surface area (Å²) < 4.78 is 0. The Hall–Kier alpha value is 0.0900. The summed E-state index contributed by atoms with van der Waals surface area (Å²) >= 11 is 2.12. The predicted molar refractivity (Wildman–Crippen MR) is 77.0 cm³/mol. The Balaban J connectivity index is 1.74. The SMILES string of the molecule is CCCCCCCCCCSC1=CCCC1. The average molecular weight is 240 g/mol. The zero-order chi connectivity index (χ0) is 11.5. The van der Waals surface area contributed by atoms with Crippen molar-refractivity contribution in [3.05, 3.63) is 11.0 Å². The van der Waals surface area contributed by atoms with Gasteiger partial charge in [0.2, 0.25) is 0 Å². The molecule has 0 bridgehead atoms. The maximum absolute atomic E-state index is 2.44. The summed E-state index contributed by atoms with van der Waals surface area (Å²) in [5.41, 5.74) is 0. The molecule has 1 heteroatoms. The third-order valence-corrected chi connectivity index (χ3v) is 4.52. The molecule has 0 aliphatic heterocycles. The van der Waals surface area contributed by atoms with Gasteiger partial charge in [0.25, 0.3) is 0 Å². The van der Waals surface area contributed by atoms with Gasteiger partial charge in [0, 0.05) is 0 Å². The van der Waals surface area contributed by atoms with E-state index >= 15 is 0 Å². The van der Waals surface area contributed by atoms with Crippen LogP contribution in [0.2, 0.25) is 0 Å². The van der Waals surface area contributed by atoms with Crippen LogP contribution < -0.4 is 0 Å². The fraction of sp³-hybridized carbons (Fsp3) is 0.867. The van der Waals surface area contributed by atoms with Gasteiger partial charge >= 0.3 is 0 Å². The minimum atomic E-state index is 1.33. The third kappa shape index (κ3) is 7.38. The molecule has 1 aliphatic carbocycles. The van der Waals surface area contributed by atoms with E-state index in [0.29, 0.717) is 0 Å². The summed E-state index contributed by atoms with van der Waals surface area (Å²) in [4.78, 5) is 1.67. The Morgan fingerprint density at radius 1 is 1.00 bits per heavy atom. The van der Waals surface area contributed by atoms with E-state index in [1.54, 1.807) is 4.91 Å². The van der Waals surface area contributed by atoms with E-state index in [1.807, 2.05) is 0 Å². The van der Waals surface area contributed by atoms with Crippen molar-refractivity contribution < 1.29 is 0 Å². The smallest absolute Gasteiger partial charge is 0.00234 e. The molecule has 0 fully saturated rings. The van der Waals surface area contributed by atoms with Crippen LogP contribution in [0.15, 0.2) is 11.0 Å². The number of hydrogen-bond acceptors (Lipinski definition) is 1. The van der Waals surface area contributed by atoms with Crippen LogP contribution >= 0.6 is 11.8 Å². The molecule has 1 aliphatic rings. The summed E-state index contributed by atoms with van der Waals surface area (Å²) in [5.74, 6) is 1.36. The molecule has 0 unspecified atom stereocenters. The van der Waals surface area contributed by atoms with E-state index in [0.717, 1.165) is 0 Å². The molecule has 0 amide bonds. The summed E-state index contributed by atoms with van der Waals surface area (Å²) in [6.45, 7) is 2.29. The highest BCUT2D eigenvalue weighted by molar-refractivity contribution is 8.03. The Kier molecular flexibility index (Phi) is 9.07. The highest BCUT2D eigenvalue weighted by atomic mass is 32.2. The first-order chi connectivity index (χ1) is 7.93. The van der Waals surface area contributed by atoms with Crippen LogP contribution in [0, 0.1) is 0 Å². The number of rotatable bonds is 10. The maximum Gasteiger partial charge on any atom is -0.00234 e. The van der Waals surface area contributed by atoms with E-state index in [-0.39, 0.29) is 0 Å². The van der Waals surface area contributed by atoms with Gasteiger partial charge in [-0.25, -0.2) is 0 Å². The van der Waals surface area contributed by atoms with Gasteiger partial charge in [-0.05, 0) is 36.3 Å². The van der Waals surface area contributed by atoms with Crippen LogP contribution in [-0.2, 0) is 0 Å². The molecule has 0 N–H and O–H groups in total. The number of hydrogen-bond donors (Lipinski definition) is 0. The molecule has 0 nitrogen and oxygen atoms in total. The lowest BCUT2D eigenvalue weighted by molar-refractivity contribution is 0.586. The quantitative estimate of drug-likeness (QED) is 0.427. The molecule has 0 aromatic carbocycles. The van der Waals surface area contributed by atoms with Crippen LogP contribution in [0.3, 0.4) is 0 Å². The van der Waals surface area contributed by atoms with E-state index in [9.17, 15) is 0 Å². The molecule has 0 heterocycles. The fourth-order valence-electron chi connectivity index (χ4n) is 2.21. The van der Waals surface area contributed by atoms with E-state index < -0.39 is 0 Å². The van der Waals surface area contributed by atoms with Gasteiger partial charge in [-0.2, -0.15) is 0 Å². The number of thioether (sulfide) groups is 1. The number of allylic oxidation sites excluding steroid dienone is 2. The van der Waals surface area contributed by atoms with Crippen molar-refractivity contribution in [1.29, 1.82) is 0 Å². The molecular weight excluding hydrogens is 212 g/mol. The standard InChI is InChI=1S/C15H28S/c1-2-3-4-5-6-7-8-11-14-16-15-12-9-10-13-15/h12H,2-11,13-14H2,1H3. The maximum atomic E-state index is 2.44. The van der Waals surface area contributed by atoms with Gasteiger partial charge in [0.05, 0.1) is 0 Å². The minimum Gasteiger partial charge on any atom is -0.131 e. The summed E-state index contributed by atoms with van der Waals surface area (Å²) in [6, 6.07) is 0. The second-order valence-corrected chi connectivity index (χ2v) is 6.11. The molecule has 0 aromatic heterocycles. The highest BCUT2D eigenvalue weighted by Crippen LogP contribution is 2.29. The topological polar surface area (TPSA) is 0 Å². The van der Waals surface area contributed by atoms with Gasteiger partial charge in [-0.1, -0.05) is 57.9 Å². The average Bonchev–Trinajstić information content (AvgIpc) is 2.80. The minimum absolute atomic E-state index is 1.33. The Labute approximate surface area is 106 Å². The van der Waals surface area contributed by atoms with Crippen LogP contribution in [0.1, 0.15) is 77.6 Å². The van der Waals surface area contributed by atoms with Gasteiger partial charge in [0.1, 0.15) is 0 Å². The lowest BCUT2D eigenvalue weighted by Crippen LogP contribution is -1.83. The largest absolute Gasteiger partial charge is 0.131 e. The van der Waals surface area contributed by atoms with Crippen molar-refractivity contribution in [2.45, 2.75) is 77.6 Å². The van der Waals surface area contributed by atoms with Crippen LogP contribution in [-0.4, -0.2) is 5.75 Å². The first kappa shape index (κ1) is 14.2. The summed E-state index contributed by atoms with van der Waals surface area (Å²) in [7, 11) is 0. The van der Waals surface area contributed by atoms with Crippen molar-refractivity contribution in [3.63, 3.8) is 0 Å². The first-order valence-corrected chi connectivity index (χ1v) is 8.24. The zero-order valence-electron chi connectivity index (χ0n) is 11.0. The van der Waals surface area contributed by atoms with Gasteiger partial charge in [-0.15, -0.1) is 11.8 Å². The molecule has 0 radical (unpaired) electrons. The Morgan fingerprint density at radius 2 is 1.69 bits per heavy atom. The summed E-state index contributed by atoms with van der Waals surface area (Å²) in [6.07, 6.45) is 18.1. The van der Waals surface area contributed by atoms with Crippen molar-refractivity contribution in [1.82, 2.24) is 0 Å². The highest BCUT2D eigenvalue weighted by Gasteiger charge is 2.03. The normalized spacial score (nSPS) is 15.4. The third-order valence-electron chi connectivity index (χ3n) is 3.28. The second kappa shape index (κ2) is 10.3. The molecule has 0 spiro atoms. The molecule has 94 valence electrons. The summed E-state index contributed by atoms with van der Waals surface area (Å²) in [5, 5.41) is 0. The van der Waals surface area contributed by atoms with Gasteiger partial charge in [0.15, 0.2) is 0 Å². The molecule has 0 saturated heterocycles. The lowest BCUT2D eigenvalue weighted by atomic mass is 10.1. The molecule has 16 heavy (non-hydrogen) atoms. The lowest BCUT2D eigenvalue weighted by Gasteiger charge is -2.02.